The molecule has 1 amide bonds. The van der Waals surface area contributed by atoms with Crippen LogP contribution in [-0.2, 0) is 0 Å². The quantitative estimate of drug-likeness (QED) is 0.741. The van der Waals surface area contributed by atoms with Crippen molar-refractivity contribution in [2.75, 3.05) is 13.2 Å². The number of halogens is 1. The van der Waals surface area contributed by atoms with Gasteiger partial charge in [0.25, 0.3) is 5.91 Å². The van der Waals surface area contributed by atoms with E-state index < -0.39 is 0 Å². The predicted octanol–water partition coefficient (Wildman–Crippen LogP) is 4.74. The van der Waals surface area contributed by atoms with E-state index >= 15 is 0 Å². The molecule has 2 aromatic carbocycles. The number of ether oxygens (including phenoxy) is 2. The lowest BCUT2D eigenvalue weighted by molar-refractivity contribution is 0.0939. The summed E-state index contributed by atoms with van der Waals surface area (Å²) in [5.41, 5.74) is 1.57. The Bertz CT molecular complexity index is 703. The molecule has 0 saturated carbocycles. The van der Waals surface area contributed by atoms with Crippen LogP contribution >= 0.6 is 15.9 Å². The minimum atomic E-state index is -0.153. The fraction of sp³-hybridized carbons (Fsp3) is 0.316. The fourth-order valence-corrected chi connectivity index (χ4v) is 2.80. The van der Waals surface area contributed by atoms with Crippen LogP contribution in [0.1, 0.15) is 42.7 Å². The highest BCUT2D eigenvalue weighted by atomic mass is 79.9. The summed E-state index contributed by atoms with van der Waals surface area (Å²) in [6, 6.07) is 12.9. The molecule has 5 heteroatoms. The number of hydrogen-bond acceptors (Lipinski definition) is 3. The van der Waals surface area contributed by atoms with E-state index in [4.69, 9.17) is 9.47 Å². The van der Waals surface area contributed by atoms with E-state index in [1.165, 1.54) is 0 Å². The first-order valence-electron chi connectivity index (χ1n) is 8.01. The molecular weight excluding hydrogens is 370 g/mol. The van der Waals surface area contributed by atoms with Crippen molar-refractivity contribution >= 4 is 21.8 Å². The highest BCUT2D eigenvalue weighted by Gasteiger charge is 2.15. The summed E-state index contributed by atoms with van der Waals surface area (Å²) in [7, 11) is 0. The Hall–Kier alpha value is -2.01. The first kappa shape index (κ1) is 18.3. The van der Waals surface area contributed by atoms with Crippen molar-refractivity contribution in [3.05, 3.63) is 58.1 Å². The molecule has 0 fully saturated rings. The van der Waals surface area contributed by atoms with E-state index in [1.54, 1.807) is 6.07 Å². The molecule has 0 saturated heterocycles. The normalized spacial score (nSPS) is 11.7. The molecule has 0 unspecified atom stereocenters. The van der Waals surface area contributed by atoms with Gasteiger partial charge in [0.15, 0.2) is 11.5 Å². The van der Waals surface area contributed by atoms with Gasteiger partial charge in [-0.2, -0.15) is 0 Å². The molecule has 24 heavy (non-hydrogen) atoms. The molecule has 0 aromatic heterocycles. The van der Waals surface area contributed by atoms with E-state index in [1.807, 2.05) is 57.2 Å². The largest absolute Gasteiger partial charge is 0.490 e. The Labute approximate surface area is 151 Å². The molecule has 1 atom stereocenters. The highest BCUT2D eigenvalue weighted by Crippen LogP contribution is 2.31. The van der Waals surface area contributed by atoms with Crippen LogP contribution in [0.25, 0.3) is 0 Å². The minimum Gasteiger partial charge on any atom is -0.490 e. The summed E-state index contributed by atoms with van der Waals surface area (Å²) in [5, 5.41) is 3.01. The van der Waals surface area contributed by atoms with Gasteiger partial charge >= 0.3 is 0 Å². The summed E-state index contributed by atoms with van der Waals surface area (Å²) in [4.78, 5) is 12.4. The van der Waals surface area contributed by atoms with Gasteiger partial charge in [-0.3, -0.25) is 4.79 Å². The summed E-state index contributed by atoms with van der Waals surface area (Å²) < 4.78 is 12.0. The summed E-state index contributed by atoms with van der Waals surface area (Å²) in [6.07, 6.45) is 0. The Balaban J connectivity index is 2.17. The van der Waals surface area contributed by atoms with Crippen LogP contribution in [0.3, 0.4) is 0 Å². The number of nitrogens with one attached hydrogen (secondary N) is 1. The molecule has 2 rings (SSSR count). The monoisotopic (exact) mass is 391 g/mol. The first-order chi connectivity index (χ1) is 11.6. The number of amides is 1. The van der Waals surface area contributed by atoms with Crippen LogP contribution in [-0.4, -0.2) is 19.1 Å². The third-order valence-corrected chi connectivity index (χ3v) is 4.23. The van der Waals surface area contributed by atoms with Gasteiger partial charge in [0, 0.05) is 4.47 Å². The third kappa shape index (κ3) is 4.51. The maximum Gasteiger partial charge on any atom is 0.252 e. The van der Waals surface area contributed by atoms with Crippen LogP contribution in [0.15, 0.2) is 46.9 Å². The molecular formula is C19H22BrNO3. The van der Waals surface area contributed by atoms with E-state index in [0.717, 1.165) is 10.0 Å². The Kier molecular flexibility index (Phi) is 6.67. The SMILES string of the molecule is CCOc1ccc([C@H](C)NC(=O)c2ccccc2Br)cc1OCC. The Morgan fingerprint density at radius 1 is 1.08 bits per heavy atom. The summed E-state index contributed by atoms with van der Waals surface area (Å²) in [5.74, 6) is 1.29. The molecule has 0 bridgehead atoms. The van der Waals surface area contributed by atoms with Crippen molar-refractivity contribution < 1.29 is 14.3 Å². The number of rotatable bonds is 7. The fourth-order valence-electron chi connectivity index (χ4n) is 2.34. The van der Waals surface area contributed by atoms with Gasteiger partial charge in [-0.1, -0.05) is 18.2 Å². The van der Waals surface area contributed by atoms with Crippen LogP contribution < -0.4 is 14.8 Å². The molecule has 128 valence electrons. The molecule has 0 aliphatic rings. The lowest BCUT2D eigenvalue weighted by Gasteiger charge is -2.18. The van der Waals surface area contributed by atoms with Crippen LogP contribution in [0.4, 0.5) is 0 Å². The van der Waals surface area contributed by atoms with E-state index in [9.17, 15) is 4.79 Å². The zero-order valence-corrected chi connectivity index (χ0v) is 15.7. The van der Waals surface area contributed by atoms with Crippen molar-refractivity contribution in [3.63, 3.8) is 0 Å². The van der Waals surface area contributed by atoms with Gasteiger partial charge < -0.3 is 14.8 Å². The smallest absolute Gasteiger partial charge is 0.252 e. The Morgan fingerprint density at radius 3 is 2.42 bits per heavy atom. The van der Waals surface area contributed by atoms with Gasteiger partial charge in [-0.15, -0.1) is 0 Å². The zero-order chi connectivity index (χ0) is 17.5. The first-order valence-corrected chi connectivity index (χ1v) is 8.81. The van der Waals surface area contributed by atoms with Gasteiger partial charge in [0.2, 0.25) is 0 Å². The maximum absolute atomic E-state index is 12.4. The molecule has 0 spiro atoms. The molecule has 0 aliphatic carbocycles. The number of carbonyl (C=O) groups excluding carboxylic acids is 1. The third-order valence-electron chi connectivity index (χ3n) is 3.53. The highest BCUT2D eigenvalue weighted by molar-refractivity contribution is 9.10. The molecule has 0 heterocycles. The molecule has 1 N–H and O–H groups in total. The van der Waals surface area contributed by atoms with Crippen LogP contribution in [0.5, 0.6) is 11.5 Å². The van der Waals surface area contributed by atoms with E-state index in [0.29, 0.717) is 30.3 Å². The lowest BCUT2D eigenvalue weighted by atomic mass is 10.1. The van der Waals surface area contributed by atoms with Crippen molar-refractivity contribution in [2.24, 2.45) is 0 Å². The standard InChI is InChI=1S/C19H22BrNO3/c1-4-23-17-11-10-14(12-18(17)24-5-2)13(3)21-19(22)15-8-6-7-9-16(15)20/h6-13H,4-5H2,1-3H3,(H,21,22)/t13-/m0/s1. The topological polar surface area (TPSA) is 47.6 Å². The van der Waals surface area contributed by atoms with Crippen molar-refractivity contribution in [2.45, 2.75) is 26.8 Å². The number of hydrogen-bond donors (Lipinski definition) is 1. The van der Waals surface area contributed by atoms with E-state index in [-0.39, 0.29) is 11.9 Å². The second-order valence-electron chi connectivity index (χ2n) is 5.25. The minimum absolute atomic E-state index is 0.123. The molecule has 0 radical (unpaired) electrons. The zero-order valence-electron chi connectivity index (χ0n) is 14.1. The van der Waals surface area contributed by atoms with Crippen molar-refractivity contribution in [1.29, 1.82) is 0 Å². The van der Waals surface area contributed by atoms with E-state index in [2.05, 4.69) is 21.2 Å². The average molecular weight is 392 g/mol. The van der Waals surface area contributed by atoms with Gasteiger partial charge in [0.1, 0.15) is 0 Å². The van der Waals surface area contributed by atoms with Gasteiger partial charge in [0.05, 0.1) is 24.8 Å². The van der Waals surface area contributed by atoms with Crippen LogP contribution in [0, 0.1) is 0 Å². The molecule has 2 aromatic rings. The van der Waals surface area contributed by atoms with Gasteiger partial charge in [-0.05, 0) is 66.5 Å². The second kappa shape index (κ2) is 8.73. The summed E-state index contributed by atoms with van der Waals surface area (Å²) in [6.45, 7) is 6.94. The number of carbonyl (C=O) groups is 1. The second-order valence-corrected chi connectivity index (χ2v) is 6.10. The Morgan fingerprint density at radius 2 is 1.75 bits per heavy atom. The molecule has 4 nitrogen and oxygen atoms in total. The summed E-state index contributed by atoms with van der Waals surface area (Å²) >= 11 is 3.40. The van der Waals surface area contributed by atoms with Crippen LogP contribution in [0.2, 0.25) is 0 Å². The lowest BCUT2D eigenvalue weighted by Crippen LogP contribution is -2.27. The predicted molar refractivity (Wildman–Crippen MR) is 98.8 cm³/mol. The van der Waals surface area contributed by atoms with Gasteiger partial charge in [-0.25, -0.2) is 0 Å². The maximum atomic E-state index is 12.4. The number of benzene rings is 2. The average Bonchev–Trinajstić information content (AvgIpc) is 2.57. The van der Waals surface area contributed by atoms with Crippen molar-refractivity contribution in [1.82, 2.24) is 5.32 Å². The van der Waals surface area contributed by atoms with Crippen molar-refractivity contribution in [3.8, 4) is 11.5 Å². The molecule has 0 aliphatic heterocycles.